The molecule has 0 heterocycles. The van der Waals surface area contributed by atoms with E-state index in [1.165, 1.54) is 12.8 Å². The largest absolute Gasteiger partial charge is 0.389 e. The van der Waals surface area contributed by atoms with Crippen molar-refractivity contribution in [2.24, 2.45) is 11.7 Å². The van der Waals surface area contributed by atoms with Crippen molar-refractivity contribution in [2.45, 2.75) is 32.2 Å². The van der Waals surface area contributed by atoms with E-state index >= 15 is 0 Å². The molecule has 18 heavy (non-hydrogen) atoms. The number of hydrogen-bond acceptors (Lipinski definition) is 2. The van der Waals surface area contributed by atoms with E-state index in [0.717, 1.165) is 17.9 Å². The number of nitrogens with two attached hydrogens (primary N) is 1. The Morgan fingerprint density at radius 2 is 2.17 bits per heavy atom. The summed E-state index contributed by atoms with van der Waals surface area (Å²) >= 11 is 4.91. The van der Waals surface area contributed by atoms with Crippen molar-refractivity contribution in [3.05, 3.63) is 35.4 Å². The Kier molecular flexibility index (Phi) is 3.97. The van der Waals surface area contributed by atoms with E-state index < -0.39 is 0 Å². The highest BCUT2D eigenvalue weighted by Gasteiger charge is 2.24. The van der Waals surface area contributed by atoms with Gasteiger partial charge in [-0.1, -0.05) is 37.2 Å². The summed E-state index contributed by atoms with van der Waals surface area (Å²) in [6, 6.07) is 7.35. The molecule has 1 aliphatic carbocycles. The molecule has 3 N–H and O–H groups in total. The van der Waals surface area contributed by atoms with Crippen LogP contribution in [0.15, 0.2) is 24.3 Å². The van der Waals surface area contributed by atoms with Crippen LogP contribution in [0, 0.1) is 5.92 Å². The summed E-state index contributed by atoms with van der Waals surface area (Å²) < 4.78 is 0. The van der Waals surface area contributed by atoms with Crippen molar-refractivity contribution >= 4 is 23.1 Å². The Morgan fingerprint density at radius 1 is 1.50 bits per heavy atom. The van der Waals surface area contributed by atoms with Crippen LogP contribution in [0.5, 0.6) is 0 Å². The molecule has 1 aromatic carbocycles. The van der Waals surface area contributed by atoms with Crippen LogP contribution in [0.3, 0.4) is 0 Å². The van der Waals surface area contributed by atoms with E-state index in [0.29, 0.717) is 10.6 Å². The van der Waals surface area contributed by atoms with Gasteiger partial charge in [-0.2, -0.15) is 0 Å². The van der Waals surface area contributed by atoms with E-state index in [4.69, 9.17) is 18.0 Å². The second-order valence-corrected chi connectivity index (χ2v) is 5.44. The number of carbonyl (C=O) groups excluding carboxylic acids is 1. The lowest BCUT2D eigenvalue weighted by Crippen LogP contribution is -2.33. The van der Waals surface area contributed by atoms with Gasteiger partial charge in [0.15, 0.2) is 0 Å². The van der Waals surface area contributed by atoms with Gasteiger partial charge < -0.3 is 11.1 Å². The van der Waals surface area contributed by atoms with Crippen molar-refractivity contribution < 1.29 is 4.79 Å². The normalized spacial score (nSPS) is 16.1. The Hall–Kier alpha value is -1.42. The molecule has 2 rings (SSSR count). The van der Waals surface area contributed by atoms with Gasteiger partial charge in [0, 0.05) is 17.2 Å². The number of nitrogens with one attached hydrogen (secondary N) is 1. The predicted molar refractivity (Wildman–Crippen MR) is 76.6 cm³/mol. The zero-order valence-electron chi connectivity index (χ0n) is 10.5. The molecule has 3 nitrogen and oxygen atoms in total. The summed E-state index contributed by atoms with van der Waals surface area (Å²) in [7, 11) is 0. The van der Waals surface area contributed by atoms with Gasteiger partial charge in [-0.05, 0) is 31.4 Å². The van der Waals surface area contributed by atoms with Crippen LogP contribution in [0.25, 0.3) is 0 Å². The molecular weight excluding hydrogens is 244 g/mol. The SMILES string of the molecule is CC(CC1CC1)NC(=O)c1cccc(C(N)=S)c1. The van der Waals surface area contributed by atoms with Crippen LogP contribution in [-0.4, -0.2) is 16.9 Å². The molecule has 1 saturated carbocycles. The molecule has 1 unspecified atom stereocenters. The van der Waals surface area contributed by atoms with Crippen molar-refractivity contribution in [2.75, 3.05) is 0 Å². The Balaban J connectivity index is 1.98. The van der Waals surface area contributed by atoms with Crippen LogP contribution >= 0.6 is 12.2 Å². The lowest BCUT2D eigenvalue weighted by molar-refractivity contribution is 0.0937. The fraction of sp³-hybridized carbons (Fsp3) is 0.429. The standard InChI is InChI=1S/C14H18N2OS/c1-9(7-10-5-6-10)16-14(17)12-4-2-3-11(8-12)13(15)18/h2-4,8-10H,5-7H2,1H3,(H2,15,18)(H,16,17). The number of hydrogen-bond donors (Lipinski definition) is 2. The first-order chi connectivity index (χ1) is 8.56. The number of amides is 1. The van der Waals surface area contributed by atoms with Crippen LogP contribution in [0.2, 0.25) is 0 Å². The second-order valence-electron chi connectivity index (χ2n) is 5.00. The van der Waals surface area contributed by atoms with Crippen LogP contribution in [-0.2, 0) is 0 Å². The summed E-state index contributed by atoms with van der Waals surface area (Å²) in [5.41, 5.74) is 6.90. The van der Waals surface area contributed by atoms with E-state index in [-0.39, 0.29) is 11.9 Å². The lowest BCUT2D eigenvalue weighted by Gasteiger charge is -2.13. The van der Waals surface area contributed by atoms with Gasteiger partial charge in [0.25, 0.3) is 5.91 Å². The van der Waals surface area contributed by atoms with Crippen molar-refractivity contribution in [1.29, 1.82) is 0 Å². The van der Waals surface area contributed by atoms with Crippen molar-refractivity contribution in [3.63, 3.8) is 0 Å². The number of thiocarbonyl (C=S) groups is 1. The van der Waals surface area contributed by atoms with E-state index in [9.17, 15) is 4.79 Å². The van der Waals surface area contributed by atoms with Crippen molar-refractivity contribution in [1.82, 2.24) is 5.32 Å². The molecule has 96 valence electrons. The molecule has 0 bridgehead atoms. The van der Waals surface area contributed by atoms with Crippen LogP contribution < -0.4 is 11.1 Å². The minimum atomic E-state index is -0.0544. The molecule has 1 fully saturated rings. The molecule has 0 spiro atoms. The third-order valence-corrected chi connectivity index (χ3v) is 3.41. The smallest absolute Gasteiger partial charge is 0.251 e. The van der Waals surface area contributed by atoms with Gasteiger partial charge in [-0.25, -0.2) is 0 Å². The first-order valence-electron chi connectivity index (χ1n) is 6.27. The van der Waals surface area contributed by atoms with Crippen LogP contribution in [0.1, 0.15) is 42.1 Å². The molecule has 1 amide bonds. The van der Waals surface area contributed by atoms with Gasteiger partial charge in [-0.15, -0.1) is 0 Å². The van der Waals surface area contributed by atoms with Crippen molar-refractivity contribution in [3.8, 4) is 0 Å². The molecule has 0 aromatic heterocycles. The van der Waals surface area contributed by atoms with Gasteiger partial charge in [0.2, 0.25) is 0 Å². The molecule has 0 saturated heterocycles. The monoisotopic (exact) mass is 262 g/mol. The summed E-state index contributed by atoms with van der Waals surface area (Å²) in [5.74, 6) is 0.754. The number of rotatable bonds is 5. The third kappa shape index (κ3) is 3.53. The fourth-order valence-corrected chi connectivity index (χ4v) is 2.16. The zero-order valence-corrected chi connectivity index (χ0v) is 11.3. The fourth-order valence-electron chi connectivity index (χ4n) is 2.03. The Morgan fingerprint density at radius 3 is 2.78 bits per heavy atom. The molecule has 1 aromatic rings. The third-order valence-electron chi connectivity index (χ3n) is 3.17. The molecule has 1 atom stereocenters. The minimum Gasteiger partial charge on any atom is -0.389 e. The topological polar surface area (TPSA) is 55.1 Å². The summed E-state index contributed by atoms with van der Waals surface area (Å²) in [5, 5.41) is 3.01. The number of carbonyl (C=O) groups is 1. The zero-order chi connectivity index (χ0) is 13.1. The van der Waals surface area contributed by atoms with E-state index in [1.54, 1.807) is 18.2 Å². The maximum Gasteiger partial charge on any atom is 0.251 e. The first-order valence-corrected chi connectivity index (χ1v) is 6.68. The predicted octanol–water partition coefficient (Wildman–Crippen LogP) is 2.24. The van der Waals surface area contributed by atoms with Gasteiger partial charge >= 0.3 is 0 Å². The Labute approximate surface area is 113 Å². The summed E-state index contributed by atoms with van der Waals surface area (Å²) in [6.07, 6.45) is 3.68. The minimum absolute atomic E-state index is 0.0544. The van der Waals surface area contributed by atoms with Gasteiger partial charge in [0.1, 0.15) is 4.99 Å². The molecule has 0 aliphatic heterocycles. The second kappa shape index (κ2) is 5.48. The highest BCUT2D eigenvalue weighted by molar-refractivity contribution is 7.80. The average Bonchev–Trinajstić information content (AvgIpc) is 3.12. The molecule has 0 radical (unpaired) electrons. The van der Waals surface area contributed by atoms with Gasteiger partial charge in [-0.3, -0.25) is 4.79 Å². The maximum absolute atomic E-state index is 12.0. The van der Waals surface area contributed by atoms with Crippen LogP contribution in [0.4, 0.5) is 0 Å². The Bertz CT molecular complexity index is 469. The van der Waals surface area contributed by atoms with E-state index in [1.807, 2.05) is 13.0 Å². The average molecular weight is 262 g/mol. The maximum atomic E-state index is 12.0. The van der Waals surface area contributed by atoms with E-state index in [2.05, 4.69) is 5.32 Å². The molecular formula is C14H18N2OS. The quantitative estimate of drug-likeness (QED) is 0.800. The molecule has 1 aliphatic rings. The molecule has 4 heteroatoms. The summed E-state index contributed by atoms with van der Waals surface area (Å²) in [6.45, 7) is 2.05. The lowest BCUT2D eigenvalue weighted by atomic mass is 10.1. The van der Waals surface area contributed by atoms with Gasteiger partial charge in [0.05, 0.1) is 0 Å². The first kappa shape index (κ1) is 13.0. The highest BCUT2D eigenvalue weighted by Crippen LogP contribution is 2.33. The highest BCUT2D eigenvalue weighted by atomic mass is 32.1. The number of benzene rings is 1. The summed E-state index contributed by atoms with van der Waals surface area (Å²) in [4.78, 5) is 12.4.